The van der Waals surface area contributed by atoms with Gasteiger partial charge in [-0.05, 0) is 32.1 Å². The van der Waals surface area contributed by atoms with E-state index in [2.05, 4.69) is 44.8 Å². The summed E-state index contributed by atoms with van der Waals surface area (Å²) in [5, 5.41) is 3.81. The van der Waals surface area contributed by atoms with Gasteiger partial charge in [-0.2, -0.15) is 0 Å². The number of nitrogens with zero attached hydrogens (tertiary/aromatic N) is 1. The lowest BCUT2D eigenvalue weighted by atomic mass is 9.85. The molecule has 0 spiro atoms. The second-order valence-corrected chi connectivity index (χ2v) is 8.32. The molecule has 1 heterocycles. The molecule has 20 heavy (non-hydrogen) atoms. The van der Waals surface area contributed by atoms with Gasteiger partial charge in [-0.3, -0.25) is 9.11 Å². The first kappa shape index (κ1) is 18.1. The maximum atomic E-state index is 11.4. The first-order valence-electron chi connectivity index (χ1n) is 8.16. The van der Waals surface area contributed by atoms with Crippen LogP contribution in [0.4, 0.5) is 0 Å². The van der Waals surface area contributed by atoms with Crippen molar-refractivity contribution in [3.8, 4) is 0 Å². The summed E-state index contributed by atoms with van der Waals surface area (Å²) in [6.45, 7) is 13.7. The van der Waals surface area contributed by atoms with E-state index < -0.39 is 10.8 Å². The molecule has 0 bridgehead atoms. The van der Waals surface area contributed by atoms with Gasteiger partial charge in [0.25, 0.3) is 0 Å². The van der Waals surface area contributed by atoms with E-state index in [9.17, 15) is 4.21 Å². The predicted octanol–water partition coefficient (Wildman–Crippen LogP) is 2.63. The number of nitrogens with one attached hydrogen (secondary N) is 1. The van der Waals surface area contributed by atoms with E-state index in [-0.39, 0.29) is 5.54 Å². The number of hydrogen-bond acceptors (Lipinski definition) is 3. The van der Waals surface area contributed by atoms with Gasteiger partial charge in [0.05, 0.1) is 0 Å². The van der Waals surface area contributed by atoms with E-state index in [1.807, 2.05) is 6.26 Å². The highest BCUT2D eigenvalue weighted by molar-refractivity contribution is 7.84. The van der Waals surface area contributed by atoms with Gasteiger partial charge in [0.1, 0.15) is 0 Å². The molecule has 3 unspecified atom stereocenters. The van der Waals surface area contributed by atoms with Crippen molar-refractivity contribution in [3.63, 3.8) is 0 Å². The van der Waals surface area contributed by atoms with Crippen molar-refractivity contribution in [2.45, 2.75) is 71.5 Å². The van der Waals surface area contributed by atoms with Crippen LogP contribution in [-0.2, 0) is 10.8 Å². The van der Waals surface area contributed by atoms with E-state index >= 15 is 0 Å². The number of piperazine rings is 1. The molecule has 1 fully saturated rings. The minimum atomic E-state index is -0.678. The molecule has 1 aliphatic heterocycles. The van der Waals surface area contributed by atoms with Crippen LogP contribution in [0.2, 0.25) is 0 Å². The lowest BCUT2D eigenvalue weighted by Gasteiger charge is -2.51. The third-order valence-electron chi connectivity index (χ3n) is 5.11. The van der Waals surface area contributed by atoms with Crippen LogP contribution in [0.1, 0.15) is 53.9 Å². The zero-order chi connectivity index (χ0) is 15.3. The molecule has 1 rings (SSSR count). The molecule has 1 saturated heterocycles. The molecule has 0 aromatic rings. The van der Waals surface area contributed by atoms with Gasteiger partial charge in [-0.25, -0.2) is 0 Å². The quantitative estimate of drug-likeness (QED) is 0.784. The van der Waals surface area contributed by atoms with Crippen LogP contribution in [0.3, 0.4) is 0 Å². The summed E-state index contributed by atoms with van der Waals surface area (Å²) < 4.78 is 11.4. The van der Waals surface area contributed by atoms with E-state index in [4.69, 9.17) is 0 Å². The molecule has 0 saturated carbocycles. The lowest BCUT2D eigenvalue weighted by molar-refractivity contribution is 0.0212. The van der Waals surface area contributed by atoms with Gasteiger partial charge in [0, 0.05) is 53.5 Å². The summed E-state index contributed by atoms with van der Waals surface area (Å²) in [5.41, 5.74) is 0.269. The molecule has 0 aliphatic carbocycles. The number of rotatable bonds is 7. The normalized spacial score (nSPS) is 26.6. The van der Waals surface area contributed by atoms with Crippen LogP contribution in [0, 0.1) is 5.92 Å². The molecule has 0 aromatic heterocycles. The summed E-state index contributed by atoms with van der Waals surface area (Å²) in [7, 11) is -0.678. The Hall–Kier alpha value is 0.0700. The Morgan fingerprint density at radius 3 is 2.35 bits per heavy atom. The third-order valence-corrected chi connectivity index (χ3v) is 5.92. The lowest BCUT2D eigenvalue weighted by Crippen LogP contribution is -2.66. The summed E-state index contributed by atoms with van der Waals surface area (Å²) in [6.07, 6.45) is 5.21. The molecule has 0 aromatic carbocycles. The molecule has 3 nitrogen and oxygen atoms in total. The highest BCUT2D eigenvalue weighted by Gasteiger charge is 2.39. The topological polar surface area (TPSA) is 32.3 Å². The molecular formula is C16H34N2OS. The van der Waals surface area contributed by atoms with Crippen molar-refractivity contribution in [3.05, 3.63) is 0 Å². The van der Waals surface area contributed by atoms with Crippen LogP contribution in [0.25, 0.3) is 0 Å². The van der Waals surface area contributed by atoms with E-state index in [0.717, 1.165) is 25.3 Å². The second kappa shape index (κ2) is 7.90. The minimum Gasteiger partial charge on any atom is -0.308 e. The molecule has 0 amide bonds. The highest BCUT2D eigenvalue weighted by Crippen LogP contribution is 2.28. The summed E-state index contributed by atoms with van der Waals surface area (Å²) in [5.74, 6) is 1.48. The molecule has 1 aliphatic rings. The maximum absolute atomic E-state index is 11.4. The average molecular weight is 303 g/mol. The molecule has 3 atom stereocenters. The highest BCUT2D eigenvalue weighted by atomic mass is 32.2. The van der Waals surface area contributed by atoms with Crippen molar-refractivity contribution >= 4 is 10.8 Å². The Kier molecular flexibility index (Phi) is 7.16. The Labute approximate surface area is 128 Å². The van der Waals surface area contributed by atoms with Gasteiger partial charge in [-0.15, -0.1) is 0 Å². The van der Waals surface area contributed by atoms with Gasteiger partial charge in [-0.1, -0.05) is 27.7 Å². The predicted molar refractivity (Wildman–Crippen MR) is 89.7 cm³/mol. The SMILES string of the molecule is CCC1(CC)CN(C(C)CCS(C)=O)C(C(C)C)CN1. The fourth-order valence-corrected chi connectivity index (χ4v) is 3.96. The molecule has 120 valence electrons. The van der Waals surface area contributed by atoms with Crippen LogP contribution in [0.5, 0.6) is 0 Å². The number of hydrogen-bond donors (Lipinski definition) is 1. The summed E-state index contributed by atoms with van der Waals surface area (Å²) >= 11 is 0. The van der Waals surface area contributed by atoms with Crippen molar-refractivity contribution in [2.24, 2.45) is 5.92 Å². The fourth-order valence-electron chi connectivity index (χ4n) is 3.29. The van der Waals surface area contributed by atoms with Crippen LogP contribution in [0.15, 0.2) is 0 Å². The summed E-state index contributed by atoms with van der Waals surface area (Å²) in [6, 6.07) is 1.12. The van der Waals surface area contributed by atoms with E-state index in [0.29, 0.717) is 18.0 Å². The Balaban J connectivity index is 2.80. The van der Waals surface area contributed by atoms with Crippen LogP contribution in [-0.4, -0.2) is 51.8 Å². The van der Waals surface area contributed by atoms with E-state index in [1.54, 1.807) is 0 Å². The zero-order valence-electron chi connectivity index (χ0n) is 14.2. The maximum Gasteiger partial charge on any atom is 0.0304 e. The largest absolute Gasteiger partial charge is 0.308 e. The third kappa shape index (κ3) is 4.54. The van der Waals surface area contributed by atoms with Crippen molar-refractivity contribution in [2.75, 3.05) is 25.1 Å². The van der Waals surface area contributed by atoms with Crippen molar-refractivity contribution < 1.29 is 4.21 Å². The van der Waals surface area contributed by atoms with E-state index in [1.165, 1.54) is 12.8 Å². The minimum absolute atomic E-state index is 0.269. The Bertz CT molecular complexity index is 316. The molecular weight excluding hydrogens is 268 g/mol. The van der Waals surface area contributed by atoms with Gasteiger partial charge in [0.2, 0.25) is 0 Å². The molecule has 1 N–H and O–H groups in total. The average Bonchev–Trinajstić information content (AvgIpc) is 2.43. The standard InChI is InChI=1S/C16H34N2OS/c1-7-16(8-2)12-18(14(5)9-10-20(6)19)15(11-17-16)13(3)4/h13-15,17H,7-12H2,1-6H3. The zero-order valence-corrected chi connectivity index (χ0v) is 15.1. The first-order valence-corrected chi connectivity index (χ1v) is 9.88. The van der Waals surface area contributed by atoms with Crippen LogP contribution >= 0.6 is 0 Å². The molecule has 0 radical (unpaired) electrons. The first-order chi connectivity index (χ1) is 9.35. The Morgan fingerprint density at radius 2 is 1.90 bits per heavy atom. The van der Waals surface area contributed by atoms with Crippen molar-refractivity contribution in [1.82, 2.24) is 10.2 Å². The molecule has 4 heteroatoms. The van der Waals surface area contributed by atoms with Crippen LogP contribution < -0.4 is 5.32 Å². The van der Waals surface area contributed by atoms with Gasteiger partial charge in [0.15, 0.2) is 0 Å². The van der Waals surface area contributed by atoms with Gasteiger partial charge >= 0.3 is 0 Å². The van der Waals surface area contributed by atoms with Crippen molar-refractivity contribution in [1.29, 1.82) is 0 Å². The smallest absolute Gasteiger partial charge is 0.0304 e. The summed E-state index contributed by atoms with van der Waals surface area (Å²) in [4.78, 5) is 2.68. The monoisotopic (exact) mass is 302 g/mol. The Morgan fingerprint density at radius 1 is 1.30 bits per heavy atom. The van der Waals surface area contributed by atoms with Gasteiger partial charge < -0.3 is 5.32 Å². The second-order valence-electron chi connectivity index (χ2n) is 6.77. The fraction of sp³-hybridized carbons (Fsp3) is 1.00.